The highest BCUT2D eigenvalue weighted by Gasteiger charge is 2.23. The second kappa shape index (κ2) is 7.58. The molecule has 0 aliphatic rings. The highest BCUT2D eigenvalue weighted by Crippen LogP contribution is 2.16. The molecule has 0 radical (unpaired) electrons. The van der Waals surface area contributed by atoms with E-state index in [0.717, 1.165) is 11.3 Å². The molecule has 4 rings (SSSR count). The quantitative estimate of drug-likeness (QED) is 0.373. The van der Waals surface area contributed by atoms with E-state index < -0.39 is 17.9 Å². The molecule has 1 unspecified atom stereocenters. The van der Waals surface area contributed by atoms with Gasteiger partial charge in [-0.15, -0.1) is 5.10 Å². The van der Waals surface area contributed by atoms with Gasteiger partial charge < -0.3 is 16.2 Å². The summed E-state index contributed by atoms with van der Waals surface area (Å²) in [6, 6.07) is 4.18. The lowest BCUT2D eigenvalue weighted by atomic mass is 10.1. The van der Waals surface area contributed by atoms with Gasteiger partial charge in [-0.3, -0.25) is 4.79 Å². The van der Waals surface area contributed by atoms with Crippen LogP contribution in [0, 0.1) is 6.92 Å². The molecule has 0 aliphatic carbocycles. The number of nitrogens with two attached hydrogens (primary N) is 1. The van der Waals surface area contributed by atoms with Gasteiger partial charge in [0.25, 0.3) is 11.7 Å². The van der Waals surface area contributed by atoms with Crippen LogP contribution in [0.2, 0.25) is 0 Å². The first-order valence-electron chi connectivity index (χ1n) is 8.87. The minimum Gasteiger partial charge on any atom is -0.480 e. The van der Waals surface area contributed by atoms with Gasteiger partial charge in [0.1, 0.15) is 12.4 Å². The van der Waals surface area contributed by atoms with Crippen LogP contribution in [0.3, 0.4) is 0 Å². The molecule has 1 aromatic carbocycles. The topological polar surface area (TPSA) is 166 Å². The average Bonchev–Trinajstić information content (AvgIpc) is 3.38. The van der Waals surface area contributed by atoms with Crippen molar-refractivity contribution in [2.75, 3.05) is 5.73 Å². The number of carboxylic acid groups (broad SMARTS) is 1. The highest BCUT2D eigenvalue weighted by molar-refractivity contribution is 5.96. The van der Waals surface area contributed by atoms with Gasteiger partial charge in [0.2, 0.25) is 0 Å². The minimum atomic E-state index is -1.21. The van der Waals surface area contributed by atoms with Gasteiger partial charge in [-0.2, -0.15) is 10.1 Å². The van der Waals surface area contributed by atoms with Gasteiger partial charge in [-0.05, 0) is 30.7 Å². The Kier molecular flexibility index (Phi) is 4.80. The van der Waals surface area contributed by atoms with Crippen LogP contribution >= 0.6 is 0 Å². The van der Waals surface area contributed by atoms with Crippen molar-refractivity contribution in [2.45, 2.75) is 19.4 Å². The SMILES string of the molecule is Cc1cc(-n2cc(CC(NC(=O)c3cnc4ncnn4c3)C(=O)O)nn2)ccc1N. The van der Waals surface area contributed by atoms with Crippen LogP contribution in [0.4, 0.5) is 5.69 Å². The molecule has 1 atom stereocenters. The number of hydrogen-bond donors (Lipinski definition) is 3. The normalized spacial score (nSPS) is 12.0. The molecule has 30 heavy (non-hydrogen) atoms. The number of anilines is 1. The smallest absolute Gasteiger partial charge is 0.326 e. The van der Waals surface area contributed by atoms with Crippen molar-refractivity contribution in [1.82, 2.24) is 39.9 Å². The Bertz CT molecular complexity index is 1250. The third-order valence-electron chi connectivity index (χ3n) is 4.47. The zero-order valence-corrected chi connectivity index (χ0v) is 15.8. The number of carboxylic acids is 1. The lowest BCUT2D eigenvalue weighted by Crippen LogP contribution is -2.42. The minimum absolute atomic E-state index is 0.0476. The summed E-state index contributed by atoms with van der Waals surface area (Å²) in [6.07, 6.45) is 5.58. The van der Waals surface area contributed by atoms with Crippen molar-refractivity contribution in [2.24, 2.45) is 0 Å². The number of carbonyl (C=O) groups is 2. The van der Waals surface area contributed by atoms with Gasteiger partial charge in [0.15, 0.2) is 0 Å². The summed E-state index contributed by atoms with van der Waals surface area (Å²) in [4.78, 5) is 32.0. The second-order valence-corrected chi connectivity index (χ2v) is 6.61. The van der Waals surface area contributed by atoms with Crippen molar-refractivity contribution in [3.8, 4) is 5.69 Å². The predicted octanol–water partition coefficient (Wildman–Crippen LogP) is 0.0213. The van der Waals surface area contributed by atoms with Crippen LogP contribution in [0.15, 0.2) is 43.1 Å². The zero-order chi connectivity index (χ0) is 21.3. The molecule has 1 amide bonds. The Morgan fingerprint density at radius 1 is 1.27 bits per heavy atom. The number of carbonyl (C=O) groups excluding carboxylic acids is 1. The Morgan fingerprint density at radius 2 is 2.10 bits per heavy atom. The number of benzene rings is 1. The highest BCUT2D eigenvalue weighted by atomic mass is 16.4. The van der Waals surface area contributed by atoms with Gasteiger partial charge in [0, 0.05) is 24.5 Å². The molecule has 0 spiro atoms. The fraction of sp³-hybridized carbons (Fsp3) is 0.167. The Labute approximate surface area is 169 Å². The van der Waals surface area contributed by atoms with Gasteiger partial charge >= 0.3 is 5.97 Å². The van der Waals surface area contributed by atoms with Crippen molar-refractivity contribution in [3.63, 3.8) is 0 Å². The number of nitrogens with one attached hydrogen (secondary N) is 1. The first kappa shape index (κ1) is 19.0. The molecule has 0 bridgehead atoms. The summed E-state index contributed by atoms with van der Waals surface area (Å²) in [5, 5.41) is 23.9. The van der Waals surface area contributed by atoms with E-state index in [0.29, 0.717) is 17.2 Å². The maximum Gasteiger partial charge on any atom is 0.326 e. The number of rotatable bonds is 6. The van der Waals surface area contributed by atoms with E-state index in [9.17, 15) is 14.7 Å². The van der Waals surface area contributed by atoms with Crippen LogP contribution in [0.1, 0.15) is 21.6 Å². The molecule has 152 valence electrons. The number of hydrogen-bond acceptors (Lipinski definition) is 8. The van der Waals surface area contributed by atoms with E-state index in [2.05, 4.69) is 30.7 Å². The molecule has 12 heteroatoms. The summed E-state index contributed by atoms with van der Waals surface area (Å²) < 4.78 is 2.84. The number of nitrogens with zero attached hydrogens (tertiary/aromatic N) is 7. The third-order valence-corrected chi connectivity index (χ3v) is 4.47. The van der Waals surface area contributed by atoms with Crippen molar-refractivity contribution in [3.05, 3.63) is 59.9 Å². The molecule has 0 saturated heterocycles. The van der Waals surface area contributed by atoms with Crippen LogP contribution in [0.25, 0.3) is 11.5 Å². The largest absolute Gasteiger partial charge is 0.480 e. The third kappa shape index (κ3) is 3.78. The average molecular weight is 407 g/mol. The lowest BCUT2D eigenvalue weighted by Gasteiger charge is -2.13. The zero-order valence-electron chi connectivity index (χ0n) is 15.8. The molecular formula is C18H17N9O3. The number of nitrogen functional groups attached to an aromatic ring is 1. The van der Waals surface area contributed by atoms with E-state index >= 15 is 0 Å². The summed E-state index contributed by atoms with van der Waals surface area (Å²) >= 11 is 0. The van der Waals surface area contributed by atoms with E-state index in [1.807, 2.05) is 13.0 Å². The van der Waals surface area contributed by atoms with Crippen molar-refractivity contribution >= 4 is 23.3 Å². The van der Waals surface area contributed by atoms with Gasteiger partial charge in [-0.25, -0.2) is 19.0 Å². The number of amides is 1. The van der Waals surface area contributed by atoms with Crippen molar-refractivity contribution < 1.29 is 14.7 Å². The molecular weight excluding hydrogens is 390 g/mol. The van der Waals surface area contributed by atoms with E-state index in [1.165, 1.54) is 27.9 Å². The van der Waals surface area contributed by atoms with Crippen LogP contribution in [0.5, 0.6) is 0 Å². The van der Waals surface area contributed by atoms with E-state index in [4.69, 9.17) is 5.73 Å². The lowest BCUT2D eigenvalue weighted by molar-refractivity contribution is -0.139. The van der Waals surface area contributed by atoms with Gasteiger partial charge in [-0.1, -0.05) is 5.21 Å². The second-order valence-electron chi connectivity index (χ2n) is 6.61. The number of fused-ring (bicyclic) bond motifs is 1. The monoisotopic (exact) mass is 407 g/mol. The Morgan fingerprint density at radius 3 is 2.87 bits per heavy atom. The fourth-order valence-corrected chi connectivity index (χ4v) is 2.81. The molecule has 3 heterocycles. The summed E-state index contributed by atoms with van der Waals surface area (Å²) in [7, 11) is 0. The van der Waals surface area contributed by atoms with Crippen LogP contribution < -0.4 is 11.1 Å². The number of aliphatic carboxylic acids is 1. The number of aromatic nitrogens is 7. The first-order valence-corrected chi connectivity index (χ1v) is 8.87. The molecule has 4 N–H and O–H groups in total. The molecule has 0 aliphatic heterocycles. The standard InChI is InChI=1S/C18H17N9O3/c1-10-4-13(2-3-14(10)19)26-8-12(24-25-26)5-15(17(29)30)23-16(28)11-6-20-18-21-9-22-27(18)7-11/h2-4,6-9,15H,5,19H2,1H3,(H,23,28)(H,29,30). The first-order chi connectivity index (χ1) is 14.4. The molecule has 0 fully saturated rings. The van der Waals surface area contributed by atoms with E-state index in [1.54, 1.807) is 18.3 Å². The Balaban J connectivity index is 1.49. The van der Waals surface area contributed by atoms with Crippen molar-refractivity contribution in [1.29, 1.82) is 0 Å². The molecule has 0 saturated carbocycles. The molecule has 12 nitrogen and oxygen atoms in total. The van der Waals surface area contributed by atoms with Crippen LogP contribution in [-0.2, 0) is 11.2 Å². The number of aryl methyl sites for hydroxylation is 1. The summed E-state index contributed by atoms with van der Waals surface area (Å²) in [6.45, 7) is 1.87. The molecule has 4 aromatic rings. The maximum atomic E-state index is 12.5. The summed E-state index contributed by atoms with van der Waals surface area (Å²) in [5.74, 6) is -1.47. The molecule has 3 aromatic heterocycles. The maximum absolute atomic E-state index is 12.5. The van der Waals surface area contributed by atoms with E-state index in [-0.39, 0.29) is 12.0 Å². The van der Waals surface area contributed by atoms with Gasteiger partial charge in [0.05, 0.1) is 23.1 Å². The fourth-order valence-electron chi connectivity index (χ4n) is 2.81. The Hall–Kier alpha value is -4.35. The van der Waals surface area contributed by atoms with Crippen LogP contribution in [-0.4, -0.2) is 57.6 Å². The summed E-state index contributed by atoms with van der Waals surface area (Å²) in [5.41, 5.74) is 8.67. The predicted molar refractivity (Wildman–Crippen MR) is 104 cm³/mol.